The van der Waals surface area contributed by atoms with Crippen molar-refractivity contribution >= 4 is 6.09 Å². The number of ether oxygens (including phenoxy) is 1. The van der Waals surface area contributed by atoms with Crippen LogP contribution in [0.25, 0.3) is 11.4 Å². The van der Waals surface area contributed by atoms with Crippen molar-refractivity contribution in [3.05, 3.63) is 41.7 Å². The van der Waals surface area contributed by atoms with E-state index in [2.05, 4.69) is 64.2 Å². The number of carbonyl (C=O) groups excluding carboxylic acids is 1. The molecule has 6 nitrogen and oxygen atoms in total. The van der Waals surface area contributed by atoms with Gasteiger partial charge in [0.25, 0.3) is 0 Å². The van der Waals surface area contributed by atoms with Gasteiger partial charge in [0, 0.05) is 36.9 Å². The standard InChI is InChI=1S/C20H28N4O2/c1-14-5-7-16(8-6-14)19-23-18(15(2)22-17-9-10-17)13-24(19)12-4-11-21-20(25)26-3/h5-8,13,15,17,22H,4,9-12H2,1-3H3,(H,21,25). The Morgan fingerprint density at radius 1 is 1.35 bits per heavy atom. The number of alkyl carbamates (subject to hydrolysis) is 1. The second-order valence-electron chi connectivity index (χ2n) is 6.98. The first kappa shape index (κ1) is 18.5. The summed E-state index contributed by atoms with van der Waals surface area (Å²) in [5.74, 6) is 0.975. The number of amides is 1. The van der Waals surface area contributed by atoms with Crippen LogP contribution < -0.4 is 10.6 Å². The summed E-state index contributed by atoms with van der Waals surface area (Å²) >= 11 is 0. The van der Waals surface area contributed by atoms with E-state index in [1.807, 2.05) is 0 Å². The first-order valence-corrected chi connectivity index (χ1v) is 9.29. The van der Waals surface area contributed by atoms with E-state index in [1.165, 1.54) is 25.5 Å². The Morgan fingerprint density at radius 3 is 2.73 bits per heavy atom. The number of nitrogens with one attached hydrogen (secondary N) is 2. The van der Waals surface area contributed by atoms with Crippen molar-refractivity contribution in [3.8, 4) is 11.4 Å². The second-order valence-corrected chi connectivity index (χ2v) is 6.98. The minimum absolute atomic E-state index is 0.237. The molecule has 0 aliphatic heterocycles. The SMILES string of the molecule is COC(=O)NCCCn1cc(C(C)NC2CC2)nc1-c1ccc(C)cc1. The van der Waals surface area contributed by atoms with Crippen LogP contribution in [0, 0.1) is 6.92 Å². The predicted octanol–water partition coefficient (Wildman–Crippen LogP) is 3.42. The van der Waals surface area contributed by atoms with E-state index in [0.29, 0.717) is 12.6 Å². The van der Waals surface area contributed by atoms with E-state index in [4.69, 9.17) is 4.98 Å². The third kappa shape index (κ3) is 4.85. The number of methoxy groups -OCH3 is 1. The maximum absolute atomic E-state index is 11.2. The highest BCUT2D eigenvalue weighted by Gasteiger charge is 2.25. The minimum Gasteiger partial charge on any atom is -0.453 e. The molecule has 0 saturated heterocycles. The summed E-state index contributed by atoms with van der Waals surface area (Å²) in [6, 6.07) is 9.33. The van der Waals surface area contributed by atoms with Crippen molar-refractivity contribution in [1.29, 1.82) is 0 Å². The molecule has 140 valence electrons. The Hall–Kier alpha value is -2.34. The van der Waals surface area contributed by atoms with Crippen LogP contribution in [-0.2, 0) is 11.3 Å². The highest BCUT2D eigenvalue weighted by atomic mass is 16.5. The average molecular weight is 356 g/mol. The van der Waals surface area contributed by atoms with Crippen LogP contribution in [-0.4, -0.2) is 35.3 Å². The van der Waals surface area contributed by atoms with Crippen molar-refractivity contribution in [2.24, 2.45) is 0 Å². The Labute approximate surface area is 155 Å². The highest BCUT2D eigenvalue weighted by molar-refractivity contribution is 5.66. The van der Waals surface area contributed by atoms with E-state index in [9.17, 15) is 4.79 Å². The van der Waals surface area contributed by atoms with Gasteiger partial charge in [0.2, 0.25) is 0 Å². The fraction of sp³-hybridized carbons (Fsp3) is 0.500. The van der Waals surface area contributed by atoms with Crippen molar-refractivity contribution in [1.82, 2.24) is 20.2 Å². The monoisotopic (exact) mass is 356 g/mol. The van der Waals surface area contributed by atoms with Crippen LogP contribution >= 0.6 is 0 Å². The lowest BCUT2D eigenvalue weighted by Crippen LogP contribution is -2.24. The van der Waals surface area contributed by atoms with E-state index in [-0.39, 0.29) is 6.04 Å². The quantitative estimate of drug-likeness (QED) is 0.711. The molecule has 1 unspecified atom stereocenters. The molecule has 3 rings (SSSR count). The molecule has 1 amide bonds. The zero-order valence-corrected chi connectivity index (χ0v) is 15.8. The van der Waals surface area contributed by atoms with Crippen LogP contribution in [0.4, 0.5) is 4.79 Å². The van der Waals surface area contributed by atoms with Crippen LogP contribution in [0.15, 0.2) is 30.5 Å². The molecule has 1 atom stereocenters. The summed E-state index contributed by atoms with van der Waals surface area (Å²) in [5.41, 5.74) is 3.41. The zero-order chi connectivity index (χ0) is 18.5. The molecule has 1 aliphatic rings. The van der Waals surface area contributed by atoms with Gasteiger partial charge in [0.05, 0.1) is 12.8 Å². The van der Waals surface area contributed by atoms with E-state index in [0.717, 1.165) is 30.0 Å². The van der Waals surface area contributed by atoms with Crippen molar-refractivity contribution < 1.29 is 9.53 Å². The molecule has 1 fully saturated rings. The maximum atomic E-state index is 11.2. The normalized spacial score (nSPS) is 14.9. The van der Waals surface area contributed by atoms with Gasteiger partial charge in [-0.25, -0.2) is 9.78 Å². The fourth-order valence-electron chi connectivity index (χ4n) is 2.95. The van der Waals surface area contributed by atoms with Gasteiger partial charge in [-0.2, -0.15) is 0 Å². The summed E-state index contributed by atoms with van der Waals surface area (Å²) in [7, 11) is 1.38. The van der Waals surface area contributed by atoms with Gasteiger partial charge in [-0.15, -0.1) is 0 Å². The third-order valence-electron chi connectivity index (χ3n) is 4.64. The number of nitrogens with zero attached hydrogens (tertiary/aromatic N) is 2. The number of carbonyl (C=O) groups is 1. The molecular weight excluding hydrogens is 328 g/mol. The maximum Gasteiger partial charge on any atom is 0.406 e. The van der Waals surface area contributed by atoms with Crippen LogP contribution in [0.5, 0.6) is 0 Å². The lowest BCUT2D eigenvalue weighted by Gasteiger charge is -2.09. The molecule has 1 aromatic heterocycles. The van der Waals surface area contributed by atoms with E-state index < -0.39 is 6.09 Å². The minimum atomic E-state index is -0.391. The fourth-order valence-corrected chi connectivity index (χ4v) is 2.95. The molecule has 0 radical (unpaired) electrons. The summed E-state index contributed by atoms with van der Waals surface area (Å²) in [6.07, 6.45) is 5.07. The highest BCUT2D eigenvalue weighted by Crippen LogP contribution is 2.26. The Balaban J connectivity index is 1.74. The van der Waals surface area contributed by atoms with Gasteiger partial charge in [-0.1, -0.05) is 29.8 Å². The van der Waals surface area contributed by atoms with Gasteiger partial charge in [0.15, 0.2) is 0 Å². The molecule has 26 heavy (non-hydrogen) atoms. The zero-order valence-electron chi connectivity index (χ0n) is 15.8. The molecule has 1 aliphatic carbocycles. The molecule has 0 bridgehead atoms. The first-order chi connectivity index (χ1) is 12.6. The van der Waals surface area contributed by atoms with Crippen LogP contribution in [0.2, 0.25) is 0 Å². The summed E-state index contributed by atoms with van der Waals surface area (Å²) < 4.78 is 6.79. The van der Waals surface area contributed by atoms with Crippen LogP contribution in [0.1, 0.15) is 43.5 Å². The molecule has 1 saturated carbocycles. The molecule has 1 aromatic carbocycles. The van der Waals surface area contributed by atoms with E-state index >= 15 is 0 Å². The van der Waals surface area contributed by atoms with Crippen molar-refractivity contribution in [3.63, 3.8) is 0 Å². The van der Waals surface area contributed by atoms with Crippen molar-refractivity contribution in [2.45, 2.75) is 51.7 Å². The van der Waals surface area contributed by atoms with Gasteiger partial charge < -0.3 is 19.9 Å². The summed E-state index contributed by atoms with van der Waals surface area (Å²) in [6.45, 7) is 5.62. The topological polar surface area (TPSA) is 68.2 Å². The summed E-state index contributed by atoms with van der Waals surface area (Å²) in [4.78, 5) is 16.1. The Morgan fingerprint density at radius 2 is 2.08 bits per heavy atom. The third-order valence-corrected chi connectivity index (χ3v) is 4.64. The first-order valence-electron chi connectivity index (χ1n) is 9.29. The van der Waals surface area contributed by atoms with E-state index in [1.54, 1.807) is 0 Å². The molecule has 0 spiro atoms. The molecule has 2 aromatic rings. The lowest BCUT2D eigenvalue weighted by molar-refractivity contribution is 0.171. The largest absolute Gasteiger partial charge is 0.453 e. The molecular formula is C20H28N4O2. The molecule has 2 N–H and O–H groups in total. The van der Waals surface area contributed by atoms with Gasteiger partial charge in [-0.05, 0) is 33.1 Å². The lowest BCUT2D eigenvalue weighted by atomic mass is 10.1. The van der Waals surface area contributed by atoms with Gasteiger partial charge in [-0.3, -0.25) is 0 Å². The molecule has 1 heterocycles. The number of aromatic nitrogens is 2. The van der Waals surface area contributed by atoms with Crippen LogP contribution in [0.3, 0.4) is 0 Å². The Kier molecular flexibility index (Phi) is 5.93. The number of benzene rings is 1. The smallest absolute Gasteiger partial charge is 0.406 e. The number of imidazole rings is 1. The number of hydrogen-bond acceptors (Lipinski definition) is 4. The number of hydrogen-bond donors (Lipinski definition) is 2. The number of rotatable bonds is 8. The summed E-state index contributed by atoms with van der Waals surface area (Å²) in [5, 5.41) is 6.34. The molecule has 6 heteroatoms. The van der Waals surface area contributed by atoms with Crippen molar-refractivity contribution in [2.75, 3.05) is 13.7 Å². The number of aryl methyl sites for hydroxylation is 2. The average Bonchev–Trinajstić information content (AvgIpc) is 3.35. The van der Waals surface area contributed by atoms with Gasteiger partial charge in [0.1, 0.15) is 5.82 Å². The second kappa shape index (κ2) is 8.36. The Bertz CT molecular complexity index is 735. The van der Waals surface area contributed by atoms with Gasteiger partial charge >= 0.3 is 6.09 Å². The predicted molar refractivity (Wildman–Crippen MR) is 102 cm³/mol.